The molecule has 1 aromatic carbocycles. The zero-order valence-corrected chi connectivity index (χ0v) is 9.73. The first-order valence-corrected chi connectivity index (χ1v) is 4.96. The maximum atomic E-state index is 12.0. The lowest BCUT2D eigenvalue weighted by Crippen LogP contribution is -2.10. The fourth-order valence-electron chi connectivity index (χ4n) is 1.04. The van der Waals surface area contributed by atoms with Crippen LogP contribution < -0.4 is 4.74 Å². The van der Waals surface area contributed by atoms with E-state index in [0.717, 1.165) is 6.07 Å². The molecule has 0 spiro atoms. The van der Waals surface area contributed by atoms with Crippen molar-refractivity contribution in [1.82, 2.24) is 0 Å². The Morgan fingerprint density at radius 3 is 2.62 bits per heavy atom. The second-order valence-electron chi connectivity index (χ2n) is 2.60. The summed E-state index contributed by atoms with van der Waals surface area (Å²) in [5, 5.41) is 17.5. The topological polar surface area (TPSA) is 70.3 Å². The van der Waals surface area contributed by atoms with Gasteiger partial charge in [0.05, 0.1) is 5.56 Å². The number of rotatable bonds is 3. The summed E-state index contributed by atoms with van der Waals surface area (Å²) in [6.45, 7) is -3.11. The molecule has 84 valence electrons. The van der Waals surface area contributed by atoms with Gasteiger partial charge in [0.1, 0.15) is 17.4 Å². The van der Waals surface area contributed by atoms with Gasteiger partial charge in [0.15, 0.2) is 0 Å². The van der Waals surface area contributed by atoms with Gasteiger partial charge < -0.3 is 9.84 Å². The van der Waals surface area contributed by atoms with Crippen molar-refractivity contribution in [3.8, 4) is 11.8 Å². The number of benzene rings is 1. The first kappa shape index (κ1) is 12.6. The van der Waals surface area contributed by atoms with E-state index < -0.39 is 23.9 Å². The van der Waals surface area contributed by atoms with Crippen molar-refractivity contribution >= 4 is 28.6 Å². The van der Waals surface area contributed by atoms with E-state index >= 15 is 0 Å². The lowest BCUT2D eigenvalue weighted by molar-refractivity contribution is -0.0503. The number of halogens is 3. The third kappa shape index (κ3) is 2.57. The molecule has 1 aromatic rings. The minimum absolute atomic E-state index is 0.0748. The second-order valence-corrected chi connectivity index (χ2v) is 3.67. The van der Waals surface area contributed by atoms with Gasteiger partial charge in [0.2, 0.25) is 0 Å². The Hall–Kier alpha value is -1.43. The molecule has 0 aliphatic rings. The van der Waals surface area contributed by atoms with E-state index in [4.69, 9.17) is 10.4 Å². The third-order valence-electron chi connectivity index (χ3n) is 1.65. The Kier molecular flexibility index (Phi) is 4.00. The predicted octanol–water partition coefficient (Wildman–Crippen LogP) is 2.46. The van der Waals surface area contributed by atoms with Gasteiger partial charge in [-0.2, -0.15) is 14.0 Å². The molecule has 1 N–H and O–H groups in total. The summed E-state index contributed by atoms with van der Waals surface area (Å²) in [4.78, 5) is 10.9. The molecular formula is C9H4F2INO3. The molecule has 0 atom stereocenters. The number of hydrogen-bond acceptors (Lipinski definition) is 3. The summed E-state index contributed by atoms with van der Waals surface area (Å²) in [6.07, 6.45) is 0. The number of carbonyl (C=O) groups is 1. The van der Waals surface area contributed by atoms with Crippen molar-refractivity contribution in [2.45, 2.75) is 6.61 Å². The fraction of sp³-hybridized carbons (Fsp3) is 0.111. The molecule has 4 nitrogen and oxygen atoms in total. The third-order valence-corrected chi connectivity index (χ3v) is 2.77. The van der Waals surface area contributed by atoms with Gasteiger partial charge in [-0.25, -0.2) is 4.79 Å². The Bertz CT molecular complexity index is 471. The Morgan fingerprint density at radius 2 is 2.19 bits per heavy atom. The van der Waals surface area contributed by atoms with Gasteiger partial charge in [-0.15, -0.1) is 0 Å². The van der Waals surface area contributed by atoms with E-state index in [1.807, 2.05) is 0 Å². The highest BCUT2D eigenvalue weighted by atomic mass is 127. The summed E-state index contributed by atoms with van der Waals surface area (Å²) >= 11 is 1.60. The SMILES string of the molecule is N#Cc1ccc(OC(F)F)c(C(=O)O)c1I. The van der Waals surface area contributed by atoms with Crippen molar-refractivity contribution in [3.63, 3.8) is 0 Å². The van der Waals surface area contributed by atoms with Crippen molar-refractivity contribution in [2.24, 2.45) is 0 Å². The summed E-state index contributed by atoms with van der Waals surface area (Å²) in [5.41, 5.74) is -0.334. The first-order chi connectivity index (χ1) is 7.47. The van der Waals surface area contributed by atoms with Crippen molar-refractivity contribution in [3.05, 3.63) is 26.8 Å². The smallest absolute Gasteiger partial charge is 0.387 e. The summed E-state index contributed by atoms with van der Waals surface area (Å²) in [5.74, 6) is -1.87. The number of carboxylic acids is 1. The number of alkyl halides is 2. The van der Waals surface area contributed by atoms with Crippen LogP contribution in [-0.2, 0) is 0 Å². The van der Waals surface area contributed by atoms with Gasteiger partial charge in [-0.05, 0) is 34.7 Å². The van der Waals surface area contributed by atoms with Crippen LogP contribution in [0.5, 0.6) is 5.75 Å². The summed E-state index contributed by atoms with van der Waals surface area (Å²) < 4.78 is 28.1. The van der Waals surface area contributed by atoms with Gasteiger partial charge in [0, 0.05) is 3.57 Å². The van der Waals surface area contributed by atoms with Crippen molar-refractivity contribution in [2.75, 3.05) is 0 Å². The number of carboxylic acid groups (broad SMARTS) is 1. The number of aromatic carboxylic acids is 1. The zero-order chi connectivity index (χ0) is 12.3. The maximum Gasteiger partial charge on any atom is 0.387 e. The quantitative estimate of drug-likeness (QED) is 0.859. The van der Waals surface area contributed by atoms with Crippen molar-refractivity contribution < 1.29 is 23.4 Å². The van der Waals surface area contributed by atoms with Crippen LogP contribution in [0.3, 0.4) is 0 Å². The summed E-state index contributed by atoms with van der Waals surface area (Å²) in [6, 6.07) is 4.02. The molecule has 7 heteroatoms. The van der Waals surface area contributed by atoms with Crippen LogP contribution in [0.1, 0.15) is 15.9 Å². The van der Waals surface area contributed by atoms with Crippen LogP contribution in [0, 0.1) is 14.9 Å². The van der Waals surface area contributed by atoms with E-state index in [1.165, 1.54) is 6.07 Å². The van der Waals surface area contributed by atoms with Crippen LogP contribution in [-0.4, -0.2) is 17.7 Å². The molecule has 0 saturated carbocycles. The normalized spacial score (nSPS) is 9.94. The van der Waals surface area contributed by atoms with E-state index in [9.17, 15) is 13.6 Å². The van der Waals surface area contributed by atoms with Crippen LogP contribution in [0.25, 0.3) is 0 Å². The van der Waals surface area contributed by atoms with Gasteiger partial charge in [-0.1, -0.05) is 0 Å². The average molecular weight is 339 g/mol. The largest absolute Gasteiger partial charge is 0.478 e. The lowest BCUT2D eigenvalue weighted by Gasteiger charge is -2.09. The molecule has 16 heavy (non-hydrogen) atoms. The first-order valence-electron chi connectivity index (χ1n) is 3.88. The van der Waals surface area contributed by atoms with Crippen LogP contribution in [0.4, 0.5) is 8.78 Å². The molecule has 0 amide bonds. The van der Waals surface area contributed by atoms with Crippen LogP contribution in [0.15, 0.2) is 12.1 Å². The molecule has 0 unspecified atom stereocenters. The van der Waals surface area contributed by atoms with Gasteiger partial charge >= 0.3 is 12.6 Å². The van der Waals surface area contributed by atoms with E-state index in [1.54, 1.807) is 28.7 Å². The highest BCUT2D eigenvalue weighted by molar-refractivity contribution is 14.1. The summed E-state index contributed by atoms with van der Waals surface area (Å²) in [7, 11) is 0. The minimum atomic E-state index is -3.11. The molecule has 1 rings (SSSR count). The second kappa shape index (κ2) is 5.07. The molecule has 0 fully saturated rings. The zero-order valence-electron chi connectivity index (χ0n) is 7.58. The van der Waals surface area contributed by atoms with E-state index in [-0.39, 0.29) is 9.13 Å². The molecule has 0 radical (unpaired) electrons. The number of nitriles is 1. The molecule has 0 bridgehead atoms. The van der Waals surface area contributed by atoms with Crippen LogP contribution >= 0.6 is 22.6 Å². The number of ether oxygens (including phenoxy) is 1. The Balaban J connectivity index is 3.36. The minimum Gasteiger partial charge on any atom is -0.478 e. The average Bonchev–Trinajstić information content (AvgIpc) is 2.16. The van der Waals surface area contributed by atoms with E-state index in [0.29, 0.717) is 0 Å². The Morgan fingerprint density at radius 1 is 1.56 bits per heavy atom. The Labute approximate surface area is 103 Å². The highest BCUT2D eigenvalue weighted by Crippen LogP contribution is 2.28. The maximum absolute atomic E-state index is 12.0. The molecule has 0 aromatic heterocycles. The molecular weight excluding hydrogens is 335 g/mol. The monoisotopic (exact) mass is 339 g/mol. The number of nitrogens with zero attached hydrogens (tertiary/aromatic N) is 1. The standard InChI is InChI=1S/C9H4F2INO3/c10-9(11)16-5-2-1-4(3-13)7(12)6(5)8(14)15/h1-2,9H,(H,14,15). The number of hydrogen-bond donors (Lipinski definition) is 1. The predicted molar refractivity (Wildman–Crippen MR) is 57.5 cm³/mol. The van der Waals surface area contributed by atoms with Crippen molar-refractivity contribution in [1.29, 1.82) is 5.26 Å². The molecule has 0 aliphatic heterocycles. The highest BCUT2D eigenvalue weighted by Gasteiger charge is 2.20. The molecule has 0 aliphatic carbocycles. The van der Waals surface area contributed by atoms with Gasteiger partial charge in [-0.3, -0.25) is 0 Å². The molecule has 0 heterocycles. The fourth-order valence-corrected chi connectivity index (χ4v) is 1.84. The van der Waals surface area contributed by atoms with Gasteiger partial charge in [0.25, 0.3) is 0 Å². The lowest BCUT2D eigenvalue weighted by atomic mass is 10.1. The van der Waals surface area contributed by atoms with E-state index in [2.05, 4.69) is 4.74 Å². The van der Waals surface area contributed by atoms with Crippen LogP contribution in [0.2, 0.25) is 0 Å². The molecule has 0 saturated heterocycles.